The summed E-state index contributed by atoms with van der Waals surface area (Å²) in [4.78, 5) is 13.3. The van der Waals surface area contributed by atoms with Gasteiger partial charge in [-0.25, -0.2) is 5.43 Å². The van der Waals surface area contributed by atoms with Crippen LogP contribution in [0.1, 0.15) is 29.2 Å². The summed E-state index contributed by atoms with van der Waals surface area (Å²) in [5.74, 6) is 0.345. The molecule has 0 unspecified atom stereocenters. The van der Waals surface area contributed by atoms with E-state index in [1.54, 1.807) is 60.7 Å². The number of ether oxygens (including phenoxy) is 2. The lowest BCUT2D eigenvalue weighted by molar-refractivity contribution is -0.136. The molecule has 0 saturated carbocycles. The van der Waals surface area contributed by atoms with Gasteiger partial charge in [0.05, 0.1) is 17.3 Å². The Hall–Kier alpha value is -3.65. The number of amides is 1. The highest BCUT2D eigenvalue weighted by atomic mass is 79.9. The maximum atomic E-state index is 13.3. The molecule has 0 aliphatic rings. The highest BCUT2D eigenvalue weighted by molar-refractivity contribution is 9.10. The zero-order valence-corrected chi connectivity index (χ0v) is 22.9. The van der Waals surface area contributed by atoms with Gasteiger partial charge in [0.1, 0.15) is 6.61 Å². The number of rotatable bonds is 10. The molecule has 4 aromatic carbocycles. The molecule has 4 rings (SSSR count). The van der Waals surface area contributed by atoms with Crippen LogP contribution >= 0.6 is 27.5 Å². The normalized spacial score (nSPS) is 11.4. The molecule has 6 nitrogen and oxygen atoms in total. The first kappa shape index (κ1) is 27.4. The molecule has 194 valence electrons. The summed E-state index contributed by atoms with van der Waals surface area (Å²) in [7, 11) is 0. The summed E-state index contributed by atoms with van der Waals surface area (Å²) in [6, 6.07) is 28.5. The van der Waals surface area contributed by atoms with E-state index in [-0.39, 0.29) is 6.61 Å². The molecule has 1 amide bonds. The fourth-order valence-corrected chi connectivity index (χ4v) is 4.63. The van der Waals surface area contributed by atoms with Gasteiger partial charge in [-0.15, -0.1) is 0 Å². The molecule has 0 spiro atoms. The number of carbonyl (C=O) groups excluding carboxylic acids is 1. The fraction of sp³-hybridized carbons (Fsp3) is 0.133. The van der Waals surface area contributed by atoms with Crippen LogP contribution in [0.2, 0.25) is 5.02 Å². The van der Waals surface area contributed by atoms with Gasteiger partial charge >= 0.3 is 0 Å². The molecule has 0 heterocycles. The van der Waals surface area contributed by atoms with Gasteiger partial charge in [-0.3, -0.25) is 4.79 Å². The fourth-order valence-electron chi connectivity index (χ4n) is 3.86. The van der Waals surface area contributed by atoms with Crippen molar-refractivity contribution in [2.45, 2.75) is 19.1 Å². The Morgan fingerprint density at radius 2 is 1.58 bits per heavy atom. The van der Waals surface area contributed by atoms with Crippen molar-refractivity contribution in [3.8, 4) is 11.5 Å². The second-order valence-corrected chi connectivity index (χ2v) is 9.55. The van der Waals surface area contributed by atoms with Crippen LogP contribution < -0.4 is 14.9 Å². The molecule has 0 aromatic heterocycles. The zero-order valence-electron chi connectivity index (χ0n) is 20.6. The lowest BCUT2D eigenvalue weighted by Gasteiger charge is -2.27. The van der Waals surface area contributed by atoms with E-state index < -0.39 is 11.5 Å². The zero-order chi connectivity index (χ0) is 27.0. The Labute approximate surface area is 235 Å². The highest BCUT2D eigenvalue weighted by Crippen LogP contribution is 2.37. The number of hydrogen-bond acceptors (Lipinski definition) is 5. The van der Waals surface area contributed by atoms with Gasteiger partial charge < -0.3 is 14.6 Å². The standard InChI is InChI=1S/C30H26BrClN2O4/c1-2-37-27-18-21(17-25(31)28(27)38-20-22-11-9-10-16-26(22)32)19-33-34-29(35)30(36,23-12-5-3-6-13-23)24-14-7-4-8-15-24/h3-19,36H,2,20H2,1H3,(H,34,35)/b33-19-. The van der Waals surface area contributed by atoms with Crippen molar-refractivity contribution in [1.82, 2.24) is 5.43 Å². The number of halogens is 2. The van der Waals surface area contributed by atoms with E-state index in [4.69, 9.17) is 21.1 Å². The molecule has 2 N–H and O–H groups in total. The summed E-state index contributed by atoms with van der Waals surface area (Å²) in [5.41, 5.74) is 2.92. The van der Waals surface area contributed by atoms with Crippen molar-refractivity contribution < 1.29 is 19.4 Å². The molecule has 0 saturated heterocycles. The van der Waals surface area contributed by atoms with E-state index in [1.807, 2.05) is 43.3 Å². The number of benzene rings is 4. The van der Waals surface area contributed by atoms with Crippen molar-refractivity contribution in [3.05, 3.63) is 129 Å². The molecule has 4 aromatic rings. The first-order valence-electron chi connectivity index (χ1n) is 11.9. The summed E-state index contributed by atoms with van der Waals surface area (Å²) in [5, 5.41) is 16.3. The third kappa shape index (κ3) is 6.25. The molecule has 8 heteroatoms. The second-order valence-electron chi connectivity index (χ2n) is 8.28. The number of carbonyl (C=O) groups is 1. The smallest absolute Gasteiger partial charge is 0.281 e. The van der Waals surface area contributed by atoms with E-state index in [0.29, 0.717) is 44.3 Å². The van der Waals surface area contributed by atoms with E-state index in [2.05, 4.69) is 26.5 Å². The van der Waals surface area contributed by atoms with Crippen molar-refractivity contribution in [2.24, 2.45) is 5.10 Å². The van der Waals surface area contributed by atoms with Crippen LogP contribution in [-0.4, -0.2) is 23.8 Å². The predicted octanol–water partition coefficient (Wildman–Crippen LogP) is 6.47. The van der Waals surface area contributed by atoms with Crippen LogP contribution in [0.3, 0.4) is 0 Å². The Kier molecular flexibility index (Phi) is 9.18. The number of hydrogen-bond donors (Lipinski definition) is 2. The molecule has 0 fully saturated rings. The summed E-state index contributed by atoms with van der Waals surface area (Å²) >= 11 is 9.80. The third-order valence-electron chi connectivity index (χ3n) is 5.75. The maximum Gasteiger partial charge on any atom is 0.281 e. The average molecular weight is 594 g/mol. The van der Waals surface area contributed by atoms with Gasteiger partial charge in [0.25, 0.3) is 5.91 Å². The van der Waals surface area contributed by atoms with Gasteiger partial charge in [-0.2, -0.15) is 5.10 Å². The topological polar surface area (TPSA) is 80.2 Å². The summed E-state index contributed by atoms with van der Waals surface area (Å²) < 4.78 is 12.5. The first-order chi connectivity index (χ1) is 18.4. The lowest BCUT2D eigenvalue weighted by Crippen LogP contribution is -2.43. The SMILES string of the molecule is CCOc1cc(/C=N\NC(=O)C(O)(c2ccccc2)c2ccccc2)cc(Br)c1OCc1ccccc1Cl. The Bertz CT molecular complexity index is 1380. The van der Waals surface area contributed by atoms with Crippen molar-refractivity contribution in [1.29, 1.82) is 0 Å². The first-order valence-corrected chi connectivity index (χ1v) is 13.1. The van der Waals surface area contributed by atoms with Crippen LogP contribution in [-0.2, 0) is 17.0 Å². The average Bonchev–Trinajstić information content (AvgIpc) is 2.94. The minimum atomic E-state index is -1.92. The van der Waals surface area contributed by atoms with Crippen LogP contribution in [0.15, 0.2) is 107 Å². The summed E-state index contributed by atoms with van der Waals surface area (Å²) in [6.45, 7) is 2.56. The summed E-state index contributed by atoms with van der Waals surface area (Å²) in [6.07, 6.45) is 1.47. The Morgan fingerprint density at radius 3 is 2.18 bits per heavy atom. The van der Waals surface area contributed by atoms with Crippen LogP contribution in [0.5, 0.6) is 11.5 Å². The quantitative estimate of drug-likeness (QED) is 0.163. The number of nitrogens with zero attached hydrogens (tertiary/aromatic N) is 1. The van der Waals surface area contributed by atoms with Crippen molar-refractivity contribution in [2.75, 3.05) is 6.61 Å². The molecule has 0 aliphatic heterocycles. The molecule has 0 atom stereocenters. The largest absolute Gasteiger partial charge is 0.490 e. The second kappa shape index (κ2) is 12.7. The number of nitrogens with one attached hydrogen (secondary N) is 1. The minimum absolute atomic E-state index is 0.263. The molecule has 38 heavy (non-hydrogen) atoms. The van der Waals surface area contributed by atoms with Crippen molar-refractivity contribution >= 4 is 39.7 Å². The van der Waals surface area contributed by atoms with E-state index in [9.17, 15) is 9.90 Å². The van der Waals surface area contributed by atoms with Crippen molar-refractivity contribution in [3.63, 3.8) is 0 Å². The molecule has 0 bridgehead atoms. The van der Waals surface area contributed by atoms with Crippen LogP contribution in [0.25, 0.3) is 0 Å². The van der Waals surface area contributed by atoms with E-state index in [1.165, 1.54) is 6.21 Å². The number of aliphatic hydroxyl groups is 1. The van der Waals surface area contributed by atoms with Gasteiger partial charge in [-0.1, -0.05) is 90.5 Å². The number of hydrazone groups is 1. The molecule has 0 aliphatic carbocycles. The van der Waals surface area contributed by atoms with Gasteiger partial charge in [0.15, 0.2) is 17.1 Å². The highest BCUT2D eigenvalue weighted by Gasteiger charge is 2.39. The van der Waals surface area contributed by atoms with Gasteiger partial charge in [0, 0.05) is 10.6 Å². The van der Waals surface area contributed by atoms with Crippen LogP contribution in [0, 0.1) is 0 Å². The maximum absolute atomic E-state index is 13.3. The Morgan fingerprint density at radius 1 is 0.974 bits per heavy atom. The minimum Gasteiger partial charge on any atom is -0.490 e. The lowest BCUT2D eigenvalue weighted by atomic mass is 9.85. The van der Waals surface area contributed by atoms with Gasteiger partial charge in [-0.05, 0) is 57.7 Å². The van der Waals surface area contributed by atoms with E-state index >= 15 is 0 Å². The van der Waals surface area contributed by atoms with Crippen LogP contribution in [0.4, 0.5) is 0 Å². The predicted molar refractivity (Wildman–Crippen MR) is 153 cm³/mol. The third-order valence-corrected chi connectivity index (χ3v) is 6.71. The molecular formula is C30H26BrClN2O4. The molecule has 0 radical (unpaired) electrons. The monoisotopic (exact) mass is 592 g/mol. The van der Waals surface area contributed by atoms with Gasteiger partial charge in [0.2, 0.25) is 0 Å². The Balaban J connectivity index is 1.55. The van der Waals surface area contributed by atoms with E-state index in [0.717, 1.165) is 5.56 Å². The molecular weight excluding hydrogens is 568 g/mol.